The fourth-order valence-corrected chi connectivity index (χ4v) is 0.496. The van der Waals surface area contributed by atoms with Gasteiger partial charge in [-0.3, -0.25) is 4.79 Å². The van der Waals surface area contributed by atoms with E-state index in [1.54, 1.807) is 6.92 Å². The molecule has 0 aliphatic heterocycles. The zero-order valence-electron chi connectivity index (χ0n) is 9.08. The van der Waals surface area contributed by atoms with Gasteiger partial charge < -0.3 is 5.11 Å². The third kappa shape index (κ3) is 13.5. The van der Waals surface area contributed by atoms with E-state index in [2.05, 4.69) is 0 Å². The fourth-order valence-electron chi connectivity index (χ4n) is 0.496. The minimum atomic E-state index is -0.943. The van der Waals surface area contributed by atoms with Gasteiger partial charge in [0.25, 0.3) is 0 Å². The quantitative estimate of drug-likeness (QED) is 0.744. The van der Waals surface area contributed by atoms with E-state index in [4.69, 9.17) is 5.11 Å². The van der Waals surface area contributed by atoms with Crippen molar-refractivity contribution in [3.63, 3.8) is 0 Å². The first-order valence-corrected chi connectivity index (χ1v) is 4.88. The summed E-state index contributed by atoms with van der Waals surface area (Å²) in [5, 5.41) is 17.8. The Morgan fingerprint density at radius 3 is 1.86 bits per heavy atom. The van der Waals surface area contributed by atoms with Crippen LogP contribution in [0.5, 0.6) is 0 Å². The second kappa shape index (κ2) is 10.0. The van der Waals surface area contributed by atoms with Crippen molar-refractivity contribution >= 4 is 11.9 Å². The Morgan fingerprint density at radius 1 is 1.29 bits per heavy atom. The predicted octanol–water partition coefficient (Wildman–Crippen LogP) is 2.25. The van der Waals surface area contributed by atoms with Gasteiger partial charge in [-0.25, -0.2) is 9.90 Å². The molecule has 0 aromatic rings. The fraction of sp³-hybridized carbons (Fsp3) is 0.800. The zero-order valence-corrected chi connectivity index (χ0v) is 9.08. The van der Waals surface area contributed by atoms with Gasteiger partial charge >= 0.3 is 11.9 Å². The van der Waals surface area contributed by atoms with E-state index < -0.39 is 11.9 Å². The van der Waals surface area contributed by atoms with Crippen LogP contribution in [0.3, 0.4) is 0 Å². The molecule has 4 heteroatoms. The van der Waals surface area contributed by atoms with Crippen molar-refractivity contribution in [3.05, 3.63) is 0 Å². The van der Waals surface area contributed by atoms with E-state index in [0.717, 1.165) is 19.3 Å². The Kier molecular flexibility index (Phi) is 11.0. The van der Waals surface area contributed by atoms with Crippen LogP contribution in [0.4, 0.5) is 0 Å². The Morgan fingerprint density at radius 2 is 1.79 bits per heavy atom. The molecule has 0 heterocycles. The maximum Gasteiger partial charge on any atom is 0.355 e. The van der Waals surface area contributed by atoms with Crippen molar-refractivity contribution in [2.75, 3.05) is 0 Å². The molecule has 0 bridgehead atoms. The molecule has 0 aromatic carbocycles. The third-order valence-corrected chi connectivity index (χ3v) is 1.77. The summed E-state index contributed by atoms with van der Waals surface area (Å²) in [6.07, 6.45) is 2.59. The van der Waals surface area contributed by atoms with Gasteiger partial charge in [-0.15, -0.1) is 0 Å². The monoisotopic (exact) mass is 203 g/mol. The van der Waals surface area contributed by atoms with Crippen molar-refractivity contribution in [3.8, 4) is 0 Å². The highest BCUT2D eigenvalue weighted by atomic mass is 16.4. The molecule has 0 aliphatic carbocycles. The summed E-state index contributed by atoms with van der Waals surface area (Å²) in [6, 6.07) is 0. The third-order valence-electron chi connectivity index (χ3n) is 1.77. The van der Waals surface area contributed by atoms with Crippen LogP contribution < -0.4 is 0 Å². The summed E-state index contributed by atoms with van der Waals surface area (Å²) >= 11 is 0. The highest BCUT2D eigenvalue weighted by Crippen LogP contribution is 1.97. The Hall–Kier alpha value is -1.06. The summed E-state index contributed by atoms with van der Waals surface area (Å²) in [5.41, 5.74) is 0. The van der Waals surface area contributed by atoms with Gasteiger partial charge in [0, 0.05) is 0 Å². The molecule has 0 fully saturated rings. The van der Waals surface area contributed by atoms with E-state index in [1.807, 2.05) is 13.8 Å². The number of carbonyl (C=O) groups excluding carboxylic acids is 1. The largest absolute Gasteiger partial charge is 0.481 e. The predicted molar refractivity (Wildman–Crippen MR) is 52.3 cm³/mol. The Balaban J connectivity index is 0. The average molecular weight is 203 g/mol. The second-order valence-corrected chi connectivity index (χ2v) is 3.12. The van der Waals surface area contributed by atoms with Crippen LogP contribution >= 0.6 is 0 Å². The van der Waals surface area contributed by atoms with Crippen LogP contribution in [0.15, 0.2) is 0 Å². The van der Waals surface area contributed by atoms with Gasteiger partial charge in [0.05, 0.1) is 12.3 Å². The number of hydrogen-bond donors (Lipinski definition) is 1. The Labute approximate surface area is 84.9 Å². The van der Waals surface area contributed by atoms with Gasteiger partial charge in [-0.05, 0) is 12.8 Å². The molecule has 0 saturated carbocycles. The lowest BCUT2D eigenvalue weighted by Gasteiger charge is -1.96. The van der Waals surface area contributed by atoms with E-state index in [9.17, 15) is 14.7 Å². The number of hydrogen-bond acceptors (Lipinski definition) is 2. The SMILES string of the molecule is CCC(C)C(=O)O.CCCCC([O])=O. The highest BCUT2D eigenvalue weighted by Gasteiger charge is 2.05. The lowest BCUT2D eigenvalue weighted by atomic mass is 10.1. The Bertz CT molecular complexity index is 166. The summed E-state index contributed by atoms with van der Waals surface area (Å²) in [4.78, 5) is 19.6. The average Bonchev–Trinajstić information content (AvgIpc) is 2.14. The lowest BCUT2D eigenvalue weighted by molar-refractivity contribution is -0.143. The molecule has 1 atom stereocenters. The molecule has 0 rings (SSSR count). The maximum absolute atomic E-state index is 9.93. The molecule has 0 spiro atoms. The normalized spacial score (nSPS) is 11.1. The number of carbonyl (C=O) groups is 2. The van der Waals surface area contributed by atoms with Crippen molar-refractivity contribution in [1.82, 2.24) is 0 Å². The van der Waals surface area contributed by atoms with E-state index in [-0.39, 0.29) is 12.3 Å². The van der Waals surface area contributed by atoms with Gasteiger partial charge in [0.2, 0.25) is 0 Å². The second-order valence-electron chi connectivity index (χ2n) is 3.12. The highest BCUT2D eigenvalue weighted by molar-refractivity contribution is 5.69. The number of rotatable bonds is 5. The van der Waals surface area contributed by atoms with Gasteiger partial charge in [-0.1, -0.05) is 27.2 Å². The molecule has 0 amide bonds. The van der Waals surface area contributed by atoms with Crippen molar-refractivity contribution in [2.24, 2.45) is 5.92 Å². The molecule has 0 aromatic heterocycles. The lowest BCUT2D eigenvalue weighted by Crippen LogP contribution is -2.06. The minimum absolute atomic E-state index is 0.181. The molecular formula is C10H19O4. The smallest absolute Gasteiger partial charge is 0.355 e. The van der Waals surface area contributed by atoms with Crippen LogP contribution in [-0.2, 0) is 14.7 Å². The molecule has 4 nitrogen and oxygen atoms in total. The number of unbranched alkanes of at least 4 members (excludes halogenated alkanes) is 1. The molecule has 1 radical (unpaired) electrons. The van der Waals surface area contributed by atoms with Crippen LogP contribution in [0.25, 0.3) is 0 Å². The number of aliphatic carboxylic acids is 1. The van der Waals surface area contributed by atoms with Gasteiger partial charge in [0.1, 0.15) is 0 Å². The van der Waals surface area contributed by atoms with Crippen LogP contribution in [0, 0.1) is 5.92 Å². The minimum Gasteiger partial charge on any atom is -0.481 e. The summed E-state index contributed by atoms with van der Waals surface area (Å²) < 4.78 is 0. The molecule has 83 valence electrons. The van der Waals surface area contributed by atoms with Crippen molar-refractivity contribution < 1.29 is 19.8 Å². The molecular weight excluding hydrogens is 184 g/mol. The first-order valence-electron chi connectivity index (χ1n) is 4.88. The van der Waals surface area contributed by atoms with E-state index in [1.165, 1.54) is 0 Å². The van der Waals surface area contributed by atoms with E-state index >= 15 is 0 Å². The first kappa shape index (κ1) is 15.4. The van der Waals surface area contributed by atoms with Gasteiger partial charge in [-0.2, -0.15) is 0 Å². The molecule has 0 aliphatic rings. The van der Waals surface area contributed by atoms with E-state index in [0.29, 0.717) is 0 Å². The molecule has 1 N–H and O–H groups in total. The molecule has 1 unspecified atom stereocenters. The number of carboxylic acid groups (broad SMARTS) is 1. The van der Waals surface area contributed by atoms with Crippen LogP contribution in [-0.4, -0.2) is 17.0 Å². The van der Waals surface area contributed by atoms with Crippen molar-refractivity contribution in [2.45, 2.75) is 46.5 Å². The topological polar surface area (TPSA) is 74.3 Å². The molecule has 14 heavy (non-hydrogen) atoms. The van der Waals surface area contributed by atoms with Crippen LogP contribution in [0.2, 0.25) is 0 Å². The summed E-state index contributed by atoms with van der Waals surface area (Å²) in [5.74, 6) is -1.83. The zero-order chi connectivity index (χ0) is 11.6. The van der Waals surface area contributed by atoms with Crippen molar-refractivity contribution in [1.29, 1.82) is 0 Å². The number of carboxylic acids is 1. The van der Waals surface area contributed by atoms with Gasteiger partial charge in [0.15, 0.2) is 0 Å². The molecule has 0 saturated heterocycles. The summed E-state index contributed by atoms with van der Waals surface area (Å²) in [7, 11) is 0. The first-order chi connectivity index (χ1) is 6.45. The summed E-state index contributed by atoms with van der Waals surface area (Å²) in [6.45, 7) is 5.50. The standard InChI is InChI=1S/C5H10O2.C5H9O2/c1-3-4(2)5(6)7;1-2-3-4-5(6)7/h4H,3H2,1-2H3,(H,6,7);2-4H2,1H3. The van der Waals surface area contributed by atoms with Crippen LogP contribution in [0.1, 0.15) is 46.5 Å². The maximum atomic E-state index is 9.93.